The number of hydrogen-bond acceptors (Lipinski definition) is 4. The number of guanidine groups is 1. The molecule has 102 valence electrons. The van der Waals surface area contributed by atoms with Crippen LogP contribution in [0.25, 0.3) is 0 Å². The van der Waals surface area contributed by atoms with Gasteiger partial charge in [0, 0.05) is 11.9 Å². The third-order valence-corrected chi connectivity index (χ3v) is 3.42. The summed E-state index contributed by atoms with van der Waals surface area (Å²) >= 11 is 0. The van der Waals surface area contributed by atoms with Crippen LogP contribution in [0.5, 0.6) is 0 Å². The smallest absolute Gasteiger partial charge is 0.196 e. The van der Waals surface area contributed by atoms with Crippen molar-refractivity contribution in [3.63, 3.8) is 0 Å². The van der Waals surface area contributed by atoms with E-state index in [9.17, 15) is 4.39 Å². The highest BCUT2D eigenvalue weighted by molar-refractivity contribution is 5.97. The van der Waals surface area contributed by atoms with Crippen molar-refractivity contribution in [3.8, 4) is 0 Å². The van der Waals surface area contributed by atoms with E-state index in [-0.39, 0.29) is 11.9 Å². The fourth-order valence-electron chi connectivity index (χ4n) is 2.37. The van der Waals surface area contributed by atoms with E-state index in [0.717, 1.165) is 11.3 Å². The standard InChI is InChI=1S/C15H15FN4/c1-10-6-7-11(8-18-10)14-9-19-15(17)20(14)13-5-3-2-4-12(13)16/h2-8,14H,9H2,1H3,(H2,17,19). The van der Waals surface area contributed by atoms with Gasteiger partial charge in [-0.1, -0.05) is 18.2 Å². The Morgan fingerprint density at radius 2 is 2.05 bits per heavy atom. The van der Waals surface area contributed by atoms with Crippen LogP contribution >= 0.6 is 0 Å². The zero-order valence-corrected chi connectivity index (χ0v) is 11.1. The van der Waals surface area contributed by atoms with Gasteiger partial charge in [-0.05, 0) is 30.7 Å². The molecule has 4 nitrogen and oxygen atoms in total. The lowest BCUT2D eigenvalue weighted by molar-refractivity contribution is 0.619. The summed E-state index contributed by atoms with van der Waals surface area (Å²) in [5.41, 5.74) is 8.29. The van der Waals surface area contributed by atoms with E-state index in [2.05, 4.69) is 9.98 Å². The number of anilines is 1. The van der Waals surface area contributed by atoms with Gasteiger partial charge in [0.15, 0.2) is 5.96 Å². The molecule has 0 amide bonds. The molecule has 0 radical (unpaired) electrons. The van der Waals surface area contributed by atoms with Crippen LogP contribution in [0.15, 0.2) is 47.6 Å². The van der Waals surface area contributed by atoms with Crippen molar-refractivity contribution >= 4 is 11.6 Å². The number of nitrogens with zero attached hydrogens (tertiary/aromatic N) is 3. The minimum atomic E-state index is -0.308. The van der Waals surface area contributed by atoms with Gasteiger partial charge in [0.1, 0.15) is 5.82 Å². The van der Waals surface area contributed by atoms with Crippen LogP contribution in [0.3, 0.4) is 0 Å². The van der Waals surface area contributed by atoms with Gasteiger partial charge < -0.3 is 10.6 Å². The second-order valence-corrected chi connectivity index (χ2v) is 4.77. The van der Waals surface area contributed by atoms with E-state index < -0.39 is 0 Å². The van der Waals surface area contributed by atoms with Crippen LogP contribution in [0.1, 0.15) is 17.3 Å². The summed E-state index contributed by atoms with van der Waals surface area (Å²) in [6.07, 6.45) is 1.79. The van der Waals surface area contributed by atoms with Crippen LogP contribution in [0.4, 0.5) is 10.1 Å². The fourth-order valence-corrected chi connectivity index (χ4v) is 2.37. The molecule has 1 aromatic carbocycles. The number of para-hydroxylation sites is 1. The lowest BCUT2D eigenvalue weighted by Crippen LogP contribution is -2.36. The number of nitrogens with two attached hydrogens (primary N) is 1. The first-order valence-corrected chi connectivity index (χ1v) is 6.43. The molecule has 0 bridgehead atoms. The van der Waals surface area contributed by atoms with Gasteiger partial charge in [-0.15, -0.1) is 0 Å². The summed E-state index contributed by atoms with van der Waals surface area (Å²) in [4.78, 5) is 10.3. The number of pyridine rings is 1. The van der Waals surface area contributed by atoms with Gasteiger partial charge in [-0.2, -0.15) is 0 Å². The number of halogens is 1. The first-order valence-electron chi connectivity index (χ1n) is 6.43. The Morgan fingerprint density at radius 1 is 1.25 bits per heavy atom. The van der Waals surface area contributed by atoms with Crippen molar-refractivity contribution in [1.29, 1.82) is 0 Å². The molecule has 0 saturated heterocycles. The largest absolute Gasteiger partial charge is 0.369 e. The Labute approximate surface area is 116 Å². The number of hydrogen-bond donors (Lipinski definition) is 1. The Kier molecular flexibility index (Phi) is 3.10. The highest BCUT2D eigenvalue weighted by Crippen LogP contribution is 2.32. The number of benzene rings is 1. The van der Waals surface area contributed by atoms with Crippen molar-refractivity contribution in [2.24, 2.45) is 10.7 Å². The van der Waals surface area contributed by atoms with E-state index in [0.29, 0.717) is 18.2 Å². The van der Waals surface area contributed by atoms with Crippen LogP contribution in [0.2, 0.25) is 0 Å². The zero-order valence-electron chi connectivity index (χ0n) is 11.1. The van der Waals surface area contributed by atoms with Crippen LogP contribution < -0.4 is 10.6 Å². The molecule has 1 atom stereocenters. The van der Waals surface area contributed by atoms with E-state index in [4.69, 9.17) is 5.73 Å². The van der Waals surface area contributed by atoms with E-state index >= 15 is 0 Å². The summed E-state index contributed by atoms with van der Waals surface area (Å²) in [5.74, 6) is 0.0262. The highest BCUT2D eigenvalue weighted by atomic mass is 19.1. The maximum absolute atomic E-state index is 14.0. The molecule has 5 heteroatoms. The van der Waals surface area contributed by atoms with Gasteiger partial charge in [0.25, 0.3) is 0 Å². The van der Waals surface area contributed by atoms with Crippen molar-refractivity contribution in [1.82, 2.24) is 4.98 Å². The lowest BCUT2D eigenvalue weighted by Gasteiger charge is -2.26. The predicted octanol–water partition coefficient (Wildman–Crippen LogP) is 2.41. The summed E-state index contributed by atoms with van der Waals surface area (Å²) in [7, 11) is 0. The first-order chi connectivity index (χ1) is 9.66. The molecule has 1 unspecified atom stereocenters. The Balaban J connectivity index is 2.01. The first kappa shape index (κ1) is 12.6. The summed E-state index contributed by atoms with van der Waals surface area (Å²) < 4.78 is 14.0. The topological polar surface area (TPSA) is 54.5 Å². The minimum absolute atomic E-state index is 0.111. The summed E-state index contributed by atoms with van der Waals surface area (Å²) in [5, 5.41) is 0. The van der Waals surface area contributed by atoms with Crippen molar-refractivity contribution in [3.05, 3.63) is 59.7 Å². The normalized spacial score (nSPS) is 18.2. The van der Waals surface area contributed by atoms with Gasteiger partial charge >= 0.3 is 0 Å². The molecule has 2 N–H and O–H groups in total. The number of aromatic nitrogens is 1. The van der Waals surface area contributed by atoms with Gasteiger partial charge in [-0.25, -0.2) is 4.39 Å². The van der Waals surface area contributed by atoms with Crippen molar-refractivity contribution in [2.45, 2.75) is 13.0 Å². The Morgan fingerprint density at radius 3 is 2.75 bits per heavy atom. The molecule has 0 saturated carbocycles. The monoisotopic (exact) mass is 270 g/mol. The second kappa shape index (κ2) is 4.92. The molecule has 0 aliphatic carbocycles. The molecule has 20 heavy (non-hydrogen) atoms. The summed E-state index contributed by atoms with van der Waals surface area (Å²) in [6, 6.07) is 10.4. The van der Waals surface area contributed by atoms with Crippen LogP contribution in [-0.4, -0.2) is 17.5 Å². The van der Waals surface area contributed by atoms with Crippen molar-refractivity contribution in [2.75, 3.05) is 11.4 Å². The average Bonchev–Trinajstić information content (AvgIpc) is 2.82. The zero-order chi connectivity index (χ0) is 14.1. The van der Waals surface area contributed by atoms with Gasteiger partial charge in [-0.3, -0.25) is 9.98 Å². The molecule has 0 fully saturated rings. The number of rotatable bonds is 2. The maximum atomic E-state index is 14.0. The molecule has 1 aliphatic heterocycles. The molecule has 2 aromatic rings. The maximum Gasteiger partial charge on any atom is 0.196 e. The molecular formula is C15H15FN4. The second-order valence-electron chi connectivity index (χ2n) is 4.77. The Bertz CT molecular complexity index is 651. The molecular weight excluding hydrogens is 255 g/mol. The predicted molar refractivity (Wildman–Crippen MR) is 77.1 cm³/mol. The SMILES string of the molecule is Cc1ccc(C2CN=C(N)N2c2ccccc2F)cn1. The number of aliphatic imine (C=N–C) groups is 1. The molecule has 1 aromatic heterocycles. The molecule has 1 aliphatic rings. The van der Waals surface area contributed by atoms with Crippen molar-refractivity contribution < 1.29 is 4.39 Å². The third kappa shape index (κ3) is 2.11. The summed E-state index contributed by atoms with van der Waals surface area (Å²) in [6.45, 7) is 2.43. The van der Waals surface area contributed by atoms with E-state index in [1.165, 1.54) is 6.07 Å². The lowest BCUT2D eigenvalue weighted by atomic mass is 10.1. The third-order valence-electron chi connectivity index (χ3n) is 3.42. The molecule has 3 rings (SSSR count). The van der Waals surface area contributed by atoms with Gasteiger partial charge in [0.05, 0.1) is 18.3 Å². The van der Waals surface area contributed by atoms with Crippen LogP contribution in [-0.2, 0) is 0 Å². The average molecular weight is 270 g/mol. The molecule has 0 spiro atoms. The molecule has 2 heterocycles. The minimum Gasteiger partial charge on any atom is -0.369 e. The highest BCUT2D eigenvalue weighted by Gasteiger charge is 2.30. The Hall–Kier alpha value is -2.43. The van der Waals surface area contributed by atoms with E-state index in [1.807, 2.05) is 19.1 Å². The van der Waals surface area contributed by atoms with Crippen LogP contribution in [0, 0.1) is 12.7 Å². The number of aryl methyl sites for hydroxylation is 1. The fraction of sp³-hybridized carbons (Fsp3) is 0.200. The quantitative estimate of drug-likeness (QED) is 0.911. The van der Waals surface area contributed by atoms with Gasteiger partial charge in [0.2, 0.25) is 0 Å². The van der Waals surface area contributed by atoms with E-state index in [1.54, 1.807) is 29.3 Å².